The summed E-state index contributed by atoms with van der Waals surface area (Å²) in [6.07, 6.45) is 6.40. The Balaban J connectivity index is 1.44. The second kappa shape index (κ2) is 7.42. The van der Waals surface area contributed by atoms with Gasteiger partial charge in [-0.2, -0.15) is 4.31 Å². The van der Waals surface area contributed by atoms with Crippen LogP contribution in [0.4, 0.5) is 0 Å². The largest absolute Gasteiger partial charge is 0.358 e. The topological polar surface area (TPSA) is 73.5 Å². The number of sulfonamides is 1. The SMILES string of the molecule is Cc1cc2c3c([nH]c2cc1S(=O)(=O)N1CCN(C2CCCC2)CC1)CC(C)(C)CC3=O. The molecule has 2 heterocycles. The Hall–Kier alpha value is -1.70. The summed E-state index contributed by atoms with van der Waals surface area (Å²) in [7, 11) is -3.57. The molecular formula is C24H33N3O3S. The van der Waals surface area contributed by atoms with Crippen LogP contribution in [-0.2, 0) is 16.4 Å². The van der Waals surface area contributed by atoms with Crippen LogP contribution in [0.3, 0.4) is 0 Å². The molecule has 1 saturated heterocycles. The smallest absolute Gasteiger partial charge is 0.243 e. The minimum absolute atomic E-state index is 0.0755. The predicted molar refractivity (Wildman–Crippen MR) is 122 cm³/mol. The summed E-state index contributed by atoms with van der Waals surface area (Å²) >= 11 is 0. The molecule has 0 unspecified atom stereocenters. The number of H-pyrrole nitrogens is 1. The van der Waals surface area contributed by atoms with Crippen LogP contribution in [0, 0.1) is 12.3 Å². The fraction of sp³-hybridized carbons (Fsp3) is 0.625. The third kappa shape index (κ3) is 3.64. The first-order chi connectivity index (χ1) is 14.7. The van der Waals surface area contributed by atoms with Crippen molar-refractivity contribution in [2.45, 2.75) is 70.2 Å². The Morgan fingerprint density at radius 2 is 1.71 bits per heavy atom. The molecule has 2 fully saturated rings. The van der Waals surface area contributed by atoms with Gasteiger partial charge in [0, 0.05) is 60.8 Å². The van der Waals surface area contributed by atoms with Gasteiger partial charge in [0.05, 0.1) is 4.90 Å². The van der Waals surface area contributed by atoms with Gasteiger partial charge in [-0.05, 0) is 49.3 Å². The zero-order chi connectivity index (χ0) is 22.0. The molecule has 31 heavy (non-hydrogen) atoms. The maximum atomic E-state index is 13.5. The van der Waals surface area contributed by atoms with Gasteiger partial charge in [0.2, 0.25) is 10.0 Å². The van der Waals surface area contributed by atoms with Crippen LogP contribution in [0.2, 0.25) is 0 Å². The number of rotatable bonds is 3. The first kappa shape index (κ1) is 21.2. The van der Waals surface area contributed by atoms with E-state index in [1.807, 2.05) is 13.0 Å². The van der Waals surface area contributed by atoms with E-state index in [0.29, 0.717) is 36.0 Å². The molecule has 3 aliphatic rings. The molecular weight excluding hydrogens is 410 g/mol. The van der Waals surface area contributed by atoms with Crippen LogP contribution in [0.1, 0.15) is 67.6 Å². The van der Waals surface area contributed by atoms with Crippen molar-refractivity contribution in [2.75, 3.05) is 26.2 Å². The van der Waals surface area contributed by atoms with E-state index in [1.54, 1.807) is 10.4 Å². The van der Waals surface area contributed by atoms with Crippen molar-refractivity contribution < 1.29 is 13.2 Å². The first-order valence-electron chi connectivity index (χ1n) is 11.6. The van der Waals surface area contributed by atoms with E-state index in [9.17, 15) is 13.2 Å². The molecule has 0 amide bonds. The van der Waals surface area contributed by atoms with Crippen LogP contribution in [0.15, 0.2) is 17.0 Å². The summed E-state index contributed by atoms with van der Waals surface area (Å²) in [5, 5.41) is 0.859. The number of aromatic amines is 1. The summed E-state index contributed by atoms with van der Waals surface area (Å²) in [6.45, 7) is 8.76. The third-order valence-corrected chi connectivity index (χ3v) is 9.52. The second-order valence-corrected chi connectivity index (χ2v) is 12.4. The van der Waals surface area contributed by atoms with E-state index in [1.165, 1.54) is 25.7 Å². The minimum Gasteiger partial charge on any atom is -0.358 e. The number of hydrogen-bond acceptors (Lipinski definition) is 4. The van der Waals surface area contributed by atoms with Gasteiger partial charge in [0.1, 0.15) is 0 Å². The van der Waals surface area contributed by atoms with Crippen LogP contribution < -0.4 is 0 Å². The van der Waals surface area contributed by atoms with Crippen molar-refractivity contribution in [2.24, 2.45) is 5.41 Å². The number of benzene rings is 1. The zero-order valence-corrected chi connectivity index (χ0v) is 19.6. The average Bonchev–Trinajstić information content (AvgIpc) is 3.34. The Morgan fingerprint density at radius 3 is 2.39 bits per heavy atom. The van der Waals surface area contributed by atoms with Gasteiger partial charge < -0.3 is 4.98 Å². The van der Waals surface area contributed by atoms with Crippen LogP contribution in [-0.4, -0.2) is 60.6 Å². The number of fused-ring (bicyclic) bond motifs is 3. The lowest BCUT2D eigenvalue weighted by atomic mass is 9.76. The zero-order valence-electron chi connectivity index (χ0n) is 18.8. The maximum absolute atomic E-state index is 13.5. The number of nitrogens with one attached hydrogen (secondary N) is 1. The Morgan fingerprint density at radius 1 is 1.03 bits per heavy atom. The summed E-state index contributed by atoms with van der Waals surface area (Å²) in [5.41, 5.74) is 3.09. The van der Waals surface area contributed by atoms with Crippen molar-refractivity contribution in [3.8, 4) is 0 Å². The molecule has 1 aliphatic heterocycles. The fourth-order valence-corrected chi connectivity index (χ4v) is 7.55. The van der Waals surface area contributed by atoms with Crippen LogP contribution in [0.5, 0.6) is 0 Å². The van der Waals surface area contributed by atoms with E-state index in [-0.39, 0.29) is 11.2 Å². The van der Waals surface area contributed by atoms with E-state index in [0.717, 1.165) is 41.7 Å². The number of nitrogens with zero attached hydrogens (tertiary/aromatic N) is 2. The summed E-state index contributed by atoms with van der Waals surface area (Å²) < 4.78 is 28.7. The number of carbonyl (C=O) groups excluding carboxylic acids is 1. The highest BCUT2D eigenvalue weighted by atomic mass is 32.2. The highest BCUT2D eigenvalue weighted by Gasteiger charge is 2.36. The third-order valence-electron chi connectivity index (χ3n) is 7.48. The maximum Gasteiger partial charge on any atom is 0.243 e. The Kier molecular flexibility index (Phi) is 5.07. The standard InChI is InChI=1S/C24H33N3O3S/c1-16-12-18-19(25-20-14-24(2,3)15-21(28)23(18)20)13-22(16)31(29,30)27-10-8-26(9-11-27)17-6-4-5-7-17/h12-13,17,25H,4-11,14-15H2,1-3H3. The van der Waals surface area contributed by atoms with Crippen molar-refractivity contribution in [3.05, 3.63) is 29.0 Å². The van der Waals surface area contributed by atoms with E-state index in [2.05, 4.69) is 23.7 Å². The van der Waals surface area contributed by atoms with Crippen molar-refractivity contribution in [1.29, 1.82) is 0 Å². The molecule has 1 saturated carbocycles. The lowest BCUT2D eigenvalue weighted by Crippen LogP contribution is -2.51. The van der Waals surface area contributed by atoms with Gasteiger partial charge in [-0.25, -0.2) is 8.42 Å². The Bertz CT molecular complexity index is 1130. The van der Waals surface area contributed by atoms with Gasteiger partial charge in [-0.15, -0.1) is 0 Å². The van der Waals surface area contributed by atoms with E-state index >= 15 is 0 Å². The van der Waals surface area contributed by atoms with Crippen molar-refractivity contribution in [3.63, 3.8) is 0 Å². The molecule has 0 radical (unpaired) electrons. The molecule has 2 aliphatic carbocycles. The van der Waals surface area contributed by atoms with E-state index in [4.69, 9.17) is 0 Å². The molecule has 2 aromatic rings. The van der Waals surface area contributed by atoms with Crippen molar-refractivity contribution in [1.82, 2.24) is 14.2 Å². The highest BCUT2D eigenvalue weighted by molar-refractivity contribution is 7.89. The average molecular weight is 444 g/mol. The van der Waals surface area contributed by atoms with Gasteiger partial charge >= 0.3 is 0 Å². The normalized spacial score (nSPS) is 23.5. The van der Waals surface area contributed by atoms with Crippen LogP contribution >= 0.6 is 0 Å². The van der Waals surface area contributed by atoms with Crippen molar-refractivity contribution >= 4 is 26.7 Å². The molecule has 168 valence electrons. The van der Waals surface area contributed by atoms with Gasteiger partial charge in [-0.3, -0.25) is 9.69 Å². The number of Topliss-reactive ketones (excluding diaryl/α,β-unsaturated/α-hetero) is 1. The van der Waals surface area contributed by atoms with Gasteiger partial charge in [0.15, 0.2) is 5.78 Å². The molecule has 5 rings (SSSR count). The molecule has 0 bridgehead atoms. The highest BCUT2D eigenvalue weighted by Crippen LogP contribution is 2.39. The molecule has 1 N–H and O–H groups in total. The lowest BCUT2D eigenvalue weighted by Gasteiger charge is -2.37. The molecule has 0 atom stereocenters. The summed E-state index contributed by atoms with van der Waals surface area (Å²) in [4.78, 5) is 19.0. The number of piperazine rings is 1. The fourth-order valence-electron chi connectivity index (χ4n) is 5.90. The van der Waals surface area contributed by atoms with Crippen LogP contribution in [0.25, 0.3) is 10.9 Å². The number of ketones is 1. The van der Waals surface area contributed by atoms with E-state index < -0.39 is 10.0 Å². The number of carbonyl (C=O) groups is 1. The molecule has 7 heteroatoms. The first-order valence-corrected chi connectivity index (χ1v) is 13.0. The quantitative estimate of drug-likeness (QED) is 0.781. The minimum atomic E-state index is -3.57. The summed E-state index contributed by atoms with van der Waals surface area (Å²) in [5.74, 6) is 0.149. The molecule has 1 aromatic heterocycles. The monoisotopic (exact) mass is 443 g/mol. The number of aromatic nitrogens is 1. The Labute approximate surface area is 185 Å². The molecule has 1 aromatic carbocycles. The van der Waals surface area contributed by atoms with Gasteiger partial charge in [0.25, 0.3) is 0 Å². The number of aryl methyl sites for hydroxylation is 1. The lowest BCUT2D eigenvalue weighted by molar-refractivity contribution is 0.0913. The molecule has 0 spiro atoms. The predicted octanol–water partition coefficient (Wildman–Crippen LogP) is 3.88. The number of hydrogen-bond donors (Lipinski definition) is 1. The molecule has 6 nitrogen and oxygen atoms in total. The summed E-state index contributed by atoms with van der Waals surface area (Å²) in [6, 6.07) is 4.28. The van der Waals surface area contributed by atoms with Gasteiger partial charge in [-0.1, -0.05) is 26.7 Å². The second-order valence-electron chi connectivity index (χ2n) is 10.5.